The smallest absolute Gasteiger partial charge is 0.311 e. The van der Waals surface area contributed by atoms with Crippen molar-refractivity contribution < 1.29 is 14.3 Å². The lowest BCUT2D eigenvalue weighted by Gasteiger charge is -2.36. The SMILES string of the molecule is CC1CCC(CNc2cccc(F)c2C#N)(C(=O)O)CC1. The average Bonchev–Trinajstić information content (AvgIpc) is 2.47. The van der Waals surface area contributed by atoms with Crippen LogP contribution in [0.1, 0.15) is 38.2 Å². The third-order valence-electron chi connectivity index (χ3n) is 4.43. The molecule has 2 rings (SSSR count). The molecule has 0 bridgehead atoms. The van der Waals surface area contributed by atoms with Crippen LogP contribution in [0.2, 0.25) is 0 Å². The first-order chi connectivity index (χ1) is 9.98. The highest BCUT2D eigenvalue weighted by Crippen LogP contribution is 2.39. The molecular weight excluding hydrogens is 271 g/mol. The predicted molar refractivity (Wildman–Crippen MR) is 77.3 cm³/mol. The molecule has 0 aromatic heterocycles. The predicted octanol–water partition coefficient (Wildman–Crippen LogP) is 3.39. The van der Waals surface area contributed by atoms with Gasteiger partial charge < -0.3 is 10.4 Å². The van der Waals surface area contributed by atoms with Gasteiger partial charge in [0.15, 0.2) is 0 Å². The van der Waals surface area contributed by atoms with E-state index in [1.54, 1.807) is 6.07 Å². The number of hydrogen-bond acceptors (Lipinski definition) is 3. The minimum absolute atomic E-state index is 0.0674. The van der Waals surface area contributed by atoms with Gasteiger partial charge >= 0.3 is 5.97 Å². The Bertz CT molecular complexity index is 572. The van der Waals surface area contributed by atoms with Crippen molar-refractivity contribution in [2.24, 2.45) is 11.3 Å². The molecule has 112 valence electrons. The molecule has 1 aliphatic carbocycles. The standard InChI is InChI=1S/C16H19FN2O2/c1-11-5-7-16(8-6-11,15(20)21)10-19-14-4-2-3-13(17)12(14)9-18/h2-4,11,19H,5-8,10H2,1H3,(H,20,21). The Labute approximate surface area is 123 Å². The molecule has 5 heteroatoms. The van der Waals surface area contributed by atoms with Gasteiger partial charge in [-0.05, 0) is 43.7 Å². The van der Waals surface area contributed by atoms with Gasteiger partial charge in [-0.2, -0.15) is 5.26 Å². The highest BCUT2D eigenvalue weighted by molar-refractivity contribution is 5.76. The molecular formula is C16H19FN2O2. The molecule has 0 heterocycles. The van der Waals surface area contributed by atoms with Crippen molar-refractivity contribution in [3.63, 3.8) is 0 Å². The van der Waals surface area contributed by atoms with Gasteiger partial charge in [0.1, 0.15) is 17.4 Å². The summed E-state index contributed by atoms with van der Waals surface area (Å²) in [6.45, 7) is 2.34. The Morgan fingerprint density at radius 2 is 2.19 bits per heavy atom. The van der Waals surface area contributed by atoms with Crippen molar-refractivity contribution in [3.05, 3.63) is 29.6 Å². The first kappa shape index (κ1) is 15.3. The Morgan fingerprint density at radius 1 is 1.52 bits per heavy atom. The molecule has 1 aromatic carbocycles. The van der Waals surface area contributed by atoms with Crippen LogP contribution < -0.4 is 5.32 Å². The van der Waals surface area contributed by atoms with Crippen LogP contribution in [0, 0.1) is 28.5 Å². The number of aliphatic carboxylic acids is 1. The zero-order valence-electron chi connectivity index (χ0n) is 12.0. The molecule has 0 saturated heterocycles. The lowest BCUT2D eigenvalue weighted by atomic mass is 9.70. The van der Waals surface area contributed by atoms with E-state index < -0.39 is 17.2 Å². The fourth-order valence-electron chi connectivity index (χ4n) is 2.83. The molecule has 2 N–H and O–H groups in total. The van der Waals surface area contributed by atoms with E-state index in [1.807, 2.05) is 6.07 Å². The monoisotopic (exact) mass is 290 g/mol. The van der Waals surface area contributed by atoms with Gasteiger partial charge in [0.05, 0.1) is 11.1 Å². The lowest BCUT2D eigenvalue weighted by Crippen LogP contribution is -2.41. The van der Waals surface area contributed by atoms with Gasteiger partial charge in [-0.3, -0.25) is 4.79 Å². The highest BCUT2D eigenvalue weighted by Gasteiger charge is 2.41. The van der Waals surface area contributed by atoms with Crippen molar-refractivity contribution in [3.8, 4) is 6.07 Å². The summed E-state index contributed by atoms with van der Waals surface area (Å²) in [5.74, 6) is -0.873. The molecule has 0 unspecified atom stereocenters. The zero-order valence-corrected chi connectivity index (χ0v) is 12.0. The fraction of sp³-hybridized carbons (Fsp3) is 0.500. The highest BCUT2D eigenvalue weighted by atomic mass is 19.1. The molecule has 1 aliphatic rings. The van der Waals surface area contributed by atoms with Gasteiger partial charge in [-0.15, -0.1) is 0 Å². The summed E-state index contributed by atoms with van der Waals surface area (Å²) in [5, 5.41) is 21.5. The second-order valence-corrected chi connectivity index (χ2v) is 5.90. The minimum Gasteiger partial charge on any atom is -0.481 e. The number of nitrogens with one attached hydrogen (secondary N) is 1. The van der Waals surface area contributed by atoms with E-state index in [0.717, 1.165) is 12.8 Å². The molecule has 0 atom stereocenters. The van der Waals surface area contributed by atoms with Gasteiger partial charge in [0.2, 0.25) is 0 Å². The second-order valence-electron chi connectivity index (χ2n) is 5.90. The van der Waals surface area contributed by atoms with E-state index in [1.165, 1.54) is 12.1 Å². The summed E-state index contributed by atoms with van der Waals surface area (Å²) < 4.78 is 13.5. The van der Waals surface area contributed by atoms with Gasteiger partial charge in [0, 0.05) is 6.54 Å². The quantitative estimate of drug-likeness (QED) is 0.891. The van der Waals surface area contributed by atoms with Crippen molar-refractivity contribution in [2.45, 2.75) is 32.6 Å². The maximum absolute atomic E-state index is 13.5. The van der Waals surface area contributed by atoms with Crippen LogP contribution in [0.3, 0.4) is 0 Å². The first-order valence-electron chi connectivity index (χ1n) is 7.14. The summed E-state index contributed by atoms with van der Waals surface area (Å²) in [6, 6.07) is 6.15. The number of rotatable bonds is 4. The number of carboxylic acid groups (broad SMARTS) is 1. The first-order valence-corrected chi connectivity index (χ1v) is 7.14. The van der Waals surface area contributed by atoms with E-state index >= 15 is 0 Å². The van der Waals surface area contributed by atoms with Crippen molar-refractivity contribution in [1.29, 1.82) is 5.26 Å². The molecule has 1 fully saturated rings. The third kappa shape index (κ3) is 3.15. The van der Waals surface area contributed by atoms with Crippen LogP contribution >= 0.6 is 0 Å². The normalized spacial score (nSPS) is 25.1. The Balaban J connectivity index is 2.15. The minimum atomic E-state index is -0.828. The topological polar surface area (TPSA) is 73.1 Å². The molecule has 4 nitrogen and oxygen atoms in total. The molecule has 0 aliphatic heterocycles. The third-order valence-corrected chi connectivity index (χ3v) is 4.43. The van der Waals surface area contributed by atoms with Crippen LogP contribution in [0.15, 0.2) is 18.2 Å². The van der Waals surface area contributed by atoms with E-state index in [0.29, 0.717) is 24.4 Å². The maximum Gasteiger partial charge on any atom is 0.311 e. The number of halogens is 1. The molecule has 1 saturated carbocycles. The summed E-state index contributed by atoms with van der Waals surface area (Å²) in [5.41, 5.74) is -0.537. The Hall–Kier alpha value is -2.09. The van der Waals surface area contributed by atoms with Gasteiger partial charge in [-0.1, -0.05) is 13.0 Å². The number of nitrogens with zero attached hydrogens (tertiary/aromatic N) is 1. The van der Waals surface area contributed by atoms with Crippen LogP contribution in [-0.4, -0.2) is 17.6 Å². The van der Waals surface area contributed by atoms with E-state index in [-0.39, 0.29) is 12.1 Å². The molecule has 21 heavy (non-hydrogen) atoms. The molecule has 1 aromatic rings. The van der Waals surface area contributed by atoms with Crippen LogP contribution in [0.25, 0.3) is 0 Å². The maximum atomic E-state index is 13.5. The van der Waals surface area contributed by atoms with Crippen molar-refractivity contribution >= 4 is 11.7 Å². The van der Waals surface area contributed by atoms with Gasteiger partial charge in [-0.25, -0.2) is 4.39 Å². The molecule has 0 spiro atoms. The summed E-state index contributed by atoms with van der Waals surface area (Å²) in [4.78, 5) is 11.6. The second kappa shape index (κ2) is 6.13. The number of benzene rings is 1. The lowest BCUT2D eigenvalue weighted by molar-refractivity contribution is -0.150. The van der Waals surface area contributed by atoms with Crippen LogP contribution in [-0.2, 0) is 4.79 Å². The zero-order chi connectivity index (χ0) is 15.5. The Kier molecular flexibility index (Phi) is 4.46. The van der Waals surface area contributed by atoms with Gasteiger partial charge in [0.25, 0.3) is 0 Å². The summed E-state index contributed by atoms with van der Waals surface area (Å²) in [7, 11) is 0. The number of nitriles is 1. The summed E-state index contributed by atoms with van der Waals surface area (Å²) in [6.07, 6.45) is 2.96. The van der Waals surface area contributed by atoms with E-state index in [4.69, 9.17) is 5.26 Å². The number of carbonyl (C=O) groups is 1. The van der Waals surface area contributed by atoms with Crippen molar-refractivity contribution in [2.75, 3.05) is 11.9 Å². The number of anilines is 1. The number of hydrogen-bond donors (Lipinski definition) is 2. The summed E-state index contributed by atoms with van der Waals surface area (Å²) >= 11 is 0. The largest absolute Gasteiger partial charge is 0.481 e. The molecule has 0 radical (unpaired) electrons. The molecule has 0 amide bonds. The number of carboxylic acids is 1. The Morgan fingerprint density at radius 3 is 2.76 bits per heavy atom. The van der Waals surface area contributed by atoms with E-state index in [2.05, 4.69) is 12.2 Å². The van der Waals surface area contributed by atoms with Crippen LogP contribution in [0.5, 0.6) is 0 Å². The fourth-order valence-corrected chi connectivity index (χ4v) is 2.83. The van der Waals surface area contributed by atoms with Crippen LogP contribution in [0.4, 0.5) is 10.1 Å². The average molecular weight is 290 g/mol. The van der Waals surface area contributed by atoms with Crippen molar-refractivity contribution in [1.82, 2.24) is 0 Å². The van der Waals surface area contributed by atoms with E-state index in [9.17, 15) is 14.3 Å².